The van der Waals surface area contributed by atoms with Crippen LogP contribution in [0, 0.1) is 6.92 Å². The lowest BCUT2D eigenvalue weighted by Gasteiger charge is -2.17. The summed E-state index contributed by atoms with van der Waals surface area (Å²) in [5.41, 5.74) is 1.18. The molecule has 0 aliphatic carbocycles. The van der Waals surface area contributed by atoms with Gasteiger partial charge in [0.15, 0.2) is 5.75 Å². The first-order valence-electron chi connectivity index (χ1n) is 9.60. The normalized spacial score (nSPS) is 12.1. The first-order chi connectivity index (χ1) is 14.8. The van der Waals surface area contributed by atoms with Crippen molar-refractivity contribution in [2.24, 2.45) is 0 Å². The zero-order valence-electron chi connectivity index (χ0n) is 17.5. The van der Waals surface area contributed by atoms with Gasteiger partial charge < -0.3 is 14.8 Å². The summed E-state index contributed by atoms with van der Waals surface area (Å²) in [6.07, 6.45) is 0. The summed E-state index contributed by atoms with van der Waals surface area (Å²) < 4.78 is 39.1. The first-order valence-corrected chi connectivity index (χ1v) is 11.1. The van der Waals surface area contributed by atoms with E-state index in [1.54, 1.807) is 55.5 Å². The van der Waals surface area contributed by atoms with E-state index in [0.29, 0.717) is 17.2 Å². The molecule has 1 amide bonds. The topological polar surface area (TPSA) is 93.7 Å². The number of hydrogen-bond donors (Lipinski definition) is 2. The van der Waals surface area contributed by atoms with Crippen LogP contribution in [0.25, 0.3) is 0 Å². The average molecular weight is 441 g/mol. The Bertz CT molecular complexity index is 1160. The van der Waals surface area contributed by atoms with Crippen molar-refractivity contribution in [3.63, 3.8) is 0 Å². The minimum Gasteiger partial charge on any atom is -0.495 e. The molecule has 3 rings (SSSR count). The third-order valence-electron chi connectivity index (χ3n) is 4.45. The van der Waals surface area contributed by atoms with E-state index in [1.807, 2.05) is 18.2 Å². The molecule has 31 heavy (non-hydrogen) atoms. The molecule has 0 aliphatic heterocycles. The largest absolute Gasteiger partial charge is 0.495 e. The maximum Gasteiger partial charge on any atom is 0.244 e. The van der Waals surface area contributed by atoms with Crippen molar-refractivity contribution in [2.75, 3.05) is 12.4 Å². The first kappa shape index (κ1) is 22.3. The molecule has 2 N–H and O–H groups in total. The number of anilines is 1. The molecule has 3 aromatic carbocycles. The number of sulfonamides is 1. The van der Waals surface area contributed by atoms with Crippen LogP contribution in [0.4, 0.5) is 5.69 Å². The van der Waals surface area contributed by atoms with Crippen LogP contribution < -0.4 is 19.5 Å². The van der Waals surface area contributed by atoms with Crippen molar-refractivity contribution in [2.45, 2.75) is 24.8 Å². The standard InChI is InChI=1S/C23H24N2O5S/c1-16-13-14-21(29-3)22(15-16)31(27,28)25-17(2)23(26)24-19-11-7-8-12-20(19)30-18-9-5-4-6-10-18/h4-15,17,25H,1-3H3,(H,24,26)/t17-/m0/s1. The molecule has 0 aromatic heterocycles. The van der Waals surface area contributed by atoms with Crippen LogP contribution in [0.3, 0.4) is 0 Å². The fourth-order valence-electron chi connectivity index (χ4n) is 2.86. The van der Waals surface area contributed by atoms with Gasteiger partial charge in [-0.05, 0) is 55.8 Å². The lowest BCUT2D eigenvalue weighted by atomic mass is 10.2. The number of nitrogens with one attached hydrogen (secondary N) is 2. The van der Waals surface area contributed by atoms with Gasteiger partial charge in [-0.1, -0.05) is 36.4 Å². The SMILES string of the molecule is COc1ccc(C)cc1S(=O)(=O)N[C@@H](C)C(=O)Nc1ccccc1Oc1ccccc1. The molecule has 0 heterocycles. The van der Waals surface area contributed by atoms with Gasteiger partial charge in [0.2, 0.25) is 15.9 Å². The third kappa shape index (κ3) is 5.62. The fourth-order valence-corrected chi connectivity index (χ4v) is 4.32. The van der Waals surface area contributed by atoms with E-state index in [0.717, 1.165) is 5.56 Å². The predicted octanol–water partition coefficient (Wildman–Crippen LogP) is 4.10. The van der Waals surface area contributed by atoms with E-state index < -0.39 is 22.0 Å². The quantitative estimate of drug-likeness (QED) is 0.550. The number of amides is 1. The van der Waals surface area contributed by atoms with Gasteiger partial charge in [0.25, 0.3) is 0 Å². The summed E-state index contributed by atoms with van der Waals surface area (Å²) in [4.78, 5) is 12.7. The highest BCUT2D eigenvalue weighted by molar-refractivity contribution is 7.89. The molecule has 8 heteroatoms. The van der Waals surface area contributed by atoms with Gasteiger partial charge in [0, 0.05) is 0 Å². The summed E-state index contributed by atoms with van der Waals surface area (Å²) in [5, 5.41) is 2.72. The van der Waals surface area contributed by atoms with Crippen LogP contribution in [-0.4, -0.2) is 27.5 Å². The van der Waals surface area contributed by atoms with Crippen LogP contribution >= 0.6 is 0 Å². The highest BCUT2D eigenvalue weighted by Crippen LogP contribution is 2.29. The smallest absolute Gasteiger partial charge is 0.244 e. The van der Waals surface area contributed by atoms with E-state index in [4.69, 9.17) is 9.47 Å². The molecule has 0 unspecified atom stereocenters. The second-order valence-electron chi connectivity index (χ2n) is 6.90. The molecule has 0 spiro atoms. The number of benzene rings is 3. The van der Waals surface area contributed by atoms with Gasteiger partial charge in [-0.3, -0.25) is 4.79 Å². The molecule has 0 radical (unpaired) electrons. The second-order valence-corrected chi connectivity index (χ2v) is 8.58. The summed E-state index contributed by atoms with van der Waals surface area (Å²) in [6.45, 7) is 3.24. The molecule has 162 valence electrons. The van der Waals surface area contributed by atoms with E-state index >= 15 is 0 Å². The van der Waals surface area contributed by atoms with Gasteiger partial charge in [0.1, 0.15) is 16.4 Å². The Morgan fingerprint density at radius 3 is 2.32 bits per heavy atom. The molecule has 0 fully saturated rings. The summed E-state index contributed by atoms with van der Waals surface area (Å²) in [7, 11) is -2.60. The van der Waals surface area contributed by atoms with Crippen LogP contribution in [-0.2, 0) is 14.8 Å². The monoisotopic (exact) mass is 440 g/mol. The van der Waals surface area contributed by atoms with Gasteiger partial charge in [-0.15, -0.1) is 0 Å². The van der Waals surface area contributed by atoms with Crippen molar-refractivity contribution in [3.8, 4) is 17.2 Å². The Labute approximate surface area is 182 Å². The van der Waals surface area contributed by atoms with Crippen molar-refractivity contribution in [1.82, 2.24) is 4.72 Å². The second kappa shape index (κ2) is 9.63. The third-order valence-corrected chi connectivity index (χ3v) is 6.01. The lowest BCUT2D eigenvalue weighted by Crippen LogP contribution is -2.41. The van der Waals surface area contributed by atoms with Gasteiger partial charge in [-0.2, -0.15) is 4.72 Å². The summed E-state index contributed by atoms with van der Waals surface area (Å²) in [5.74, 6) is 0.730. The molecular formula is C23H24N2O5S. The minimum absolute atomic E-state index is 0.0255. The van der Waals surface area contributed by atoms with Gasteiger partial charge in [0.05, 0.1) is 18.8 Å². The zero-order valence-corrected chi connectivity index (χ0v) is 18.3. The van der Waals surface area contributed by atoms with Crippen LogP contribution in [0.15, 0.2) is 77.7 Å². The number of aryl methyl sites for hydroxylation is 1. The Morgan fingerprint density at radius 1 is 0.935 bits per heavy atom. The number of carbonyl (C=O) groups is 1. The zero-order chi connectivity index (χ0) is 22.4. The minimum atomic E-state index is -3.99. The van der Waals surface area contributed by atoms with Crippen LogP contribution in [0.2, 0.25) is 0 Å². The molecule has 0 bridgehead atoms. The summed E-state index contributed by atoms with van der Waals surface area (Å²) >= 11 is 0. The number of para-hydroxylation sites is 3. The van der Waals surface area contributed by atoms with Crippen molar-refractivity contribution >= 4 is 21.6 Å². The molecule has 3 aromatic rings. The number of ether oxygens (including phenoxy) is 2. The Balaban J connectivity index is 1.75. The maximum atomic E-state index is 12.8. The molecule has 1 atom stereocenters. The van der Waals surface area contributed by atoms with Gasteiger partial charge >= 0.3 is 0 Å². The summed E-state index contributed by atoms with van der Waals surface area (Å²) in [6, 6.07) is 19.9. The van der Waals surface area contributed by atoms with E-state index in [9.17, 15) is 13.2 Å². The maximum absolute atomic E-state index is 12.8. The number of methoxy groups -OCH3 is 1. The molecule has 0 aliphatic rings. The highest BCUT2D eigenvalue weighted by Gasteiger charge is 2.25. The van der Waals surface area contributed by atoms with Crippen LogP contribution in [0.1, 0.15) is 12.5 Å². The van der Waals surface area contributed by atoms with E-state index in [-0.39, 0.29) is 10.6 Å². The lowest BCUT2D eigenvalue weighted by molar-refractivity contribution is -0.117. The number of carbonyl (C=O) groups excluding carboxylic acids is 1. The Morgan fingerprint density at radius 2 is 1.61 bits per heavy atom. The van der Waals surface area contributed by atoms with Crippen molar-refractivity contribution < 1.29 is 22.7 Å². The molecule has 0 saturated carbocycles. The highest BCUT2D eigenvalue weighted by atomic mass is 32.2. The Hall–Kier alpha value is -3.36. The molecule has 7 nitrogen and oxygen atoms in total. The van der Waals surface area contributed by atoms with E-state index in [1.165, 1.54) is 20.1 Å². The van der Waals surface area contributed by atoms with Crippen LogP contribution in [0.5, 0.6) is 17.2 Å². The van der Waals surface area contributed by atoms with Crippen molar-refractivity contribution in [3.05, 3.63) is 78.4 Å². The Kier molecular flexibility index (Phi) is 6.94. The molecular weight excluding hydrogens is 416 g/mol. The van der Waals surface area contributed by atoms with E-state index in [2.05, 4.69) is 10.0 Å². The number of hydrogen-bond acceptors (Lipinski definition) is 5. The van der Waals surface area contributed by atoms with Gasteiger partial charge in [-0.25, -0.2) is 8.42 Å². The van der Waals surface area contributed by atoms with Crippen molar-refractivity contribution in [1.29, 1.82) is 0 Å². The predicted molar refractivity (Wildman–Crippen MR) is 119 cm³/mol. The number of rotatable bonds is 8. The fraction of sp³-hybridized carbons (Fsp3) is 0.174. The average Bonchev–Trinajstić information content (AvgIpc) is 2.75. The molecule has 0 saturated heterocycles.